The molecule has 0 amide bonds. The molecular formula is C11H10ClN3O3. The highest BCUT2D eigenvalue weighted by molar-refractivity contribution is 6.30. The minimum absolute atomic E-state index is 0.115. The van der Waals surface area contributed by atoms with Gasteiger partial charge in [-0.3, -0.25) is 14.8 Å². The molecule has 2 rings (SSSR count). The zero-order chi connectivity index (χ0) is 13.1. The number of hydrogen-bond acceptors (Lipinski definition) is 4. The van der Waals surface area contributed by atoms with Crippen LogP contribution in [0, 0.1) is 10.1 Å². The zero-order valence-electron chi connectivity index (χ0n) is 9.54. The molecule has 0 unspecified atom stereocenters. The van der Waals surface area contributed by atoms with Crippen LogP contribution in [0.2, 0.25) is 5.02 Å². The molecule has 1 aromatic carbocycles. The average molecular weight is 268 g/mol. The van der Waals surface area contributed by atoms with Gasteiger partial charge in [0.1, 0.15) is 6.61 Å². The second-order valence-electron chi connectivity index (χ2n) is 3.64. The Kier molecular flexibility index (Phi) is 3.47. The Labute approximate surface area is 108 Å². The van der Waals surface area contributed by atoms with Gasteiger partial charge >= 0.3 is 5.69 Å². The molecule has 0 fully saturated rings. The molecule has 0 aliphatic rings. The number of nitro benzene ring substituents is 1. The fraction of sp³-hybridized carbons (Fsp3) is 0.182. The summed E-state index contributed by atoms with van der Waals surface area (Å²) in [4.78, 5) is 10.3. The van der Waals surface area contributed by atoms with Crippen LogP contribution in [0.4, 0.5) is 5.69 Å². The second kappa shape index (κ2) is 5.05. The van der Waals surface area contributed by atoms with Crippen molar-refractivity contribution >= 4 is 17.3 Å². The summed E-state index contributed by atoms with van der Waals surface area (Å²) in [7, 11) is 1.78. The number of hydrogen-bond donors (Lipinski definition) is 0. The van der Waals surface area contributed by atoms with Gasteiger partial charge in [-0.25, -0.2) is 0 Å². The maximum Gasteiger partial charge on any atom is 0.311 e. The Balaban J connectivity index is 2.17. The molecule has 0 saturated heterocycles. The van der Waals surface area contributed by atoms with Gasteiger partial charge in [-0.1, -0.05) is 11.6 Å². The number of nitrogens with zero attached hydrogens (tertiary/aromatic N) is 3. The number of rotatable bonds is 4. The molecule has 6 nitrogen and oxygen atoms in total. The largest absolute Gasteiger partial charge is 0.480 e. The number of nitro groups is 1. The first-order valence-electron chi connectivity index (χ1n) is 5.11. The van der Waals surface area contributed by atoms with E-state index in [4.69, 9.17) is 16.3 Å². The van der Waals surface area contributed by atoms with Gasteiger partial charge in [0.05, 0.1) is 10.6 Å². The van der Waals surface area contributed by atoms with E-state index in [1.165, 1.54) is 18.2 Å². The molecule has 0 bridgehead atoms. The van der Waals surface area contributed by atoms with Gasteiger partial charge in [0.2, 0.25) is 0 Å². The lowest BCUT2D eigenvalue weighted by molar-refractivity contribution is -0.385. The van der Waals surface area contributed by atoms with Crippen LogP contribution in [0.5, 0.6) is 5.75 Å². The smallest absolute Gasteiger partial charge is 0.311 e. The van der Waals surface area contributed by atoms with Crippen molar-refractivity contribution in [3.8, 4) is 5.75 Å². The molecule has 1 aromatic heterocycles. The third kappa shape index (κ3) is 2.78. The van der Waals surface area contributed by atoms with E-state index in [1.807, 2.05) is 0 Å². The maximum absolute atomic E-state index is 10.8. The monoisotopic (exact) mass is 267 g/mol. The van der Waals surface area contributed by atoms with Crippen LogP contribution >= 0.6 is 11.6 Å². The Morgan fingerprint density at radius 1 is 1.50 bits per heavy atom. The predicted octanol–water partition coefficient (Wildman–Crippen LogP) is 2.56. The molecule has 0 saturated carbocycles. The SMILES string of the molecule is Cn1ccc(COc2cc(Cl)ccc2[N+](=O)[O-])n1. The minimum Gasteiger partial charge on any atom is -0.480 e. The highest BCUT2D eigenvalue weighted by Crippen LogP contribution is 2.30. The molecule has 7 heteroatoms. The second-order valence-corrected chi connectivity index (χ2v) is 4.08. The van der Waals surface area contributed by atoms with Crippen LogP contribution in [-0.4, -0.2) is 14.7 Å². The quantitative estimate of drug-likeness (QED) is 0.630. The summed E-state index contributed by atoms with van der Waals surface area (Å²) in [5.74, 6) is 0.137. The van der Waals surface area contributed by atoms with Crippen molar-refractivity contribution < 1.29 is 9.66 Å². The van der Waals surface area contributed by atoms with E-state index in [1.54, 1.807) is 24.0 Å². The van der Waals surface area contributed by atoms with E-state index >= 15 is 0 Å². The van der Waals surface area contributed by atoms with Gasteiger partial charge < -0.3 is 4.74 Å². The van der Waals surface area contributed by atoms with E-state index in [2.05, 4.69) is 5.10 Å². The van der Waals surface area contributed by atoms with Crippen LogP contribution in [0.1, 0.15) is 5.69 Å². The van der Waals surface area contributed by atoms with Crippen LogP contribution in [0.3, 0.4) is 0 Å². The molecule has 1 heterocycles. The standard InChI is InChI=1S/C11H10ClN3O3/c1-14-5-4-9(13-14)7-18-11-6-8(12)2-3-10(11)15(16)17/h2-6H,7H2,1H3. The van der Waals surface area contributed by atoms with Gasteiger partial charge in [-0.05, 0) is 12.1 Å². The van der Waals surface area contributed by atoms with Gasteiger partial charge in [0.15, 0.2) is 5.75 Å². The Bertz CT molecular complexity index is 583. The summed E-state index contributed by atoms with van der Waals surface area (Å²) < 4.78 is 7.01. The molecule has 0 radical (unpaired) electrons. The van der Waals surface area contributed by atoms with Gasteiger partial charge in [-0.15, -0.1) is 0 Å². The fourth-order valence-electron chi connectivity index (χ4n) is 1.45. The summed E-state index contributed by atoms with van der Waals surface area (Å²) >= 11 is 5.79. The van der Waals surface area contributed by atoms with Gasteiger partial charge in [0.25, 0.3) is 0 Å². The van der Waals surface area contributed by atoms with Crippen molar-refractivity contribution in [1.29, 1.82) is 0 Å². The van der Waals surface area contributed by atoms with Crippen molar-refractivity contribution in [1.82, 2.24) is 9.78 Å². The van der Waals surface area contributed by atoms with Crippen LogP contribution < -0.4 is 4.74 Å². The average Bonchev–Trinajstić information content (AvgIpc) is 2.72. The van der Waals surface area contributed by atoms with Crippen LogP contribution in [0.25, 0.3) is 0 Å². The first-order valence-corrected chi connectivity index (χ1v) is 5.49. The first kappa shape index (κ1) is 12.4. The van der Waals surface area contributed by atoms with E-state index in [0.29, 0.717) is 10.7 Å². The maximum atomic E-state index is 10.8. The number of halogens is 1. The highest BCUT2D eigenvalue weighted by Gasteiger charge is 2.15. The Morgan fingerprint density at radius 3 is 2.89 bits per heavy atom. The molecule has 0 aliphatic heterocycles. The summed E-state index contributed by atoms with van der Waals surface area (Å²) in [6.45, 7) is 0.155. The van der Waals surface area contributed by atoms with E-state index in [0.717, 1.165) is 0 Å². The van der Waals surface area contributed by atoms with Gasteiger partial charge in [-0.2, -0.15) is 5.10 Å². The lowest BCUT2D eigenvalue weighted by Gasteiger charge is -2.05. The van der Waals surface area contributed by atoms with Crippen LogP contribution in [-0.2, 0) is 13.7 Å². The molecular weight excluding hydrogens is 258 g/mol. The summed E-state index contributed by atoms with van der Waals surface area (Å²) in [6, 6.07) is 5.96. The third-order valence-corrected chi connectivity index (χ3v) is 2.50. The van der Waals surface area contributed by atoms with Crippen molar-refractivity contribution in [3.63, 3.8) is 0 Å². The molecule has 94 valence electrons. The molecule has 0 aliphatic carbocycles. The predicted molar refractivity (Wildman–Crippen MR) is 65.6 cm³/mol. The number of benzene rings is 1. The Morgan fingerprint density at radius 2 is 2.28 bits per heavy atom. The number of ether oxygens (including phenoxy) is 1. The lowest BCUT2D eigenvalue weighted by atomic mass is 10.3. The van der Waals surface area contributed by atoms with E-state index in [9.17, 15) is 10.1 Å². The van der Waals surface area contributed by atoms with E-state index in [-0.39, 0.29) is 18.0 Å². The summed E-state index contributed by atoms with van der Waals surface area (Å²) in [5.41, 5.74) is 0.571. The van der Waals surface area contributed by atoms with Gasteiger partial charge in [0, 0.05) is 30.4 Å². The molecule has 0 atom stereocenters. The van der Waals surface area contributed by atoms with Crippen LogP contribution in [0.15, 0.2) is 30.5 Å². The normalized spacial score (nSPS) is 10.3. The topological polar surface area (TPSA) is 70.2 Å². The molecule has 0 N–H and O–H groups in total. The number of aromatic nitrogens is 2. The zero-order valence-corrected chi connectivity index (χ0v) is 10.3. The third-order valence-electron chi connectivity index (χ3n) is 2.26. The minimum atomic E-state index is -0.510. The molecule has 18 heavy (non-hydrogen) atoms. The van der Waals surface area contributed by atoms with E-state index < -0.39 is 4.92 Å². The summed E-state index contributed by atoms with van der Waals surface area (Å²) in [6.07, 6.45) is 1.77. The fourth-order valence-corrected chi connectivity index (χ4v) is 1.61. The first-order chi connectivity index (χ1) is 8.56. The molecule has 2 aromatic rings. The highest BCUT2D eigenvalue weighted by atomic mass is 35.5. The van der Waals surface area contributed by atoms with Crippen molar-refractivity contribution in [2.75, 3.05) is 0 Å². The van der Waals surface area contributed by atoms with Crippen molar-refractivity contribution in [3.05, 3.63) is 51.3 Å². The molecule has 0 spiro atoms. The Hall–Kier alpha value is -2.08. The number of aryl methyl sites for hydroxylation is 1. The lowest BCUT2D eigenvalue weighted by Crippen LogP contribution is -2.00. The van der Waals surface area contributed by atoms with Crippen molar-refractivity contribution in [2.45, 2.75) is 6.61 Å². The summed E-state index contributed by atoms with van der Waals surface area (Å²) in [5, 5.41) is 15.3. The van der Waals surface area contributed by atoms with Crippen molar-refractivity contribution in [2.24, 2.45) is 7.05 Å².